The molecule has 0 aromatic carbocycles. The minimum Gasteiger partial charge on any atom is -0.464 e. The lowest BCUT2D eigenvalue weighted by atomic mass is 10.7. The molecule has 2 N–H and O–H groups in total. The number of nitrogens with one attached hydrogen (secondary N) is 1. The summed E-state index contributed by atoms with van der Waals surface area (Å²) in [4.78, 5) is 2.68. The molecule has 0 aromatic heterocycles. The van der Waals surface area contributed by atoms with Gasteiger partial charge in [0.2, 0.25) is 0 Å². The summed E-state index contributed by atoms with van der Waals surface area (Å²) in [6.45, 7) is 4.34. The maximum Gasteiger partial charge on any atom is 0.328 e. The lowest BCUT2D eigenvalue weighted by molar-refractivity contribution is -0.462. The molecule has 0 fully saturated rings. The van der Waals surface area contributed by atoms with Crippen LogP contribution in [0.4, 0.5) is 0 Å². The first kappa shape index (κ1) is 5.47. The number of aliphatic hydroxyl groups is 1. The predicted octanol–water partition coefficient (Wildman–Crippen LogP) is -0.937. The zero-order chi connectivity index (χ0) is 4.99. The van der Waals surface area contributed by atoms with Crippen LogP contribution in [0.25, 0.3) is 0 Å². The van der Waals surface area contributed by atoms with E-state index in [0.29, 0.717) is 0 Å². The SMILES string of the molecule is CC[NH+]=C(C)O. The van der Waals surface area contributed by atoms with Crippen LogP contribution in [0.3, 0.4) is 0 Å². The van der Waals surface area contributed by atoms with Gasteiger partial charge in [-0.15, -0.1) is 0 Å². The van der Waals surface area contributed by atoms with Gasteiger partial charge < -0.3 is 5.11 Å². The fourth-order valence-corrected chi connectivity index (χ4v) is 0.256. The molecule has 2 nitrogen and oxygen atoms in total. The van der Waals surface area contributed by atoms with E-state index in [0.717, 1.165) is 6.54 Å². The van der Waals surface area contributed by atoms with E-state index in [-0.39, 0.29) is 5.90 Å². The molecule has 36 valence electrons. The first-order chi connectivity index (χ1) is 2.77. The Morgan fingerprint density at radius 1 is 1.83 bits per heavy atom. The van der Waals surface area contributed by atoms with Crippen molar-refractivity contribution in [3.63, 3.8) is 0 Å². The Bertz CT molecular complexity index is 54.6. The van der Waals surface area contributed by atoms with Crippen molar-refractivity contribution in [1.82, 2.24) is 0 Å². The van der Waals surface area contributed by atoms with Crippen molar-refractivity contribution in [2.75, 3.05) is 6.54 Å². The third-order valence-electron chi connectivity index (χ3n) is 0.433. The Morgan fingerprint density at radius 3 is 2.33 bits per heavy atom. The minimum absolute atomic E-state index is 0.289. The van der Waals surface area contributed by atoms with Crippen molar-refractivity contribution in [3.05, 3.63) is 0 Å². The van der Waals surface area contributed by atoms with E-state index in [1.807, 2.05) is 6.92 Å². The van der Waals surface area contributed by atoms with Gasteiger partial charge in [-0.1, -0.05) is 0 Å². The fourth-order valence-electron chi connectivity index (χ4n) is 0.256. The van der Waals surface area contributed by atoms with Crippen LogP contribution in [0.15, 0.2) is 0 Å². The highest BCUT2D eigenvalue weighted by Crippen LogP contribution is 1.38. The highest BCUT2D eigenvalue weighted by atomic mass is 16.3. The summed E-state index contributed by atoms with van der Waals surface area (Å²) < 4.78 is 0. The van der Waals surface area contributed by atoms with Gasteiger partial charge in [0, 0.05) is 0 Å². The molecule has 0 atom stereocenters. The number of aliphatic hydroxyl groups excluding tert-OH is 1. The van der Waals surface area contributed by atoms with Gasteiger partial charge in [-0.25, -0.2) is 4.99 Å². The van der Waals surface area contributed by atoms with Gasteiger partial charge in [0.1, 0.15) is 6.54 Å². The molecular formula is C4H10NO+. The van der Waals surface area contributed by atoms with E-state index < -0.39 is 0 Å². The summed E-state index contributed by atoms with van der Waals surface area (Å²) in [5.74, 6) is 0.289. The molecule has 0 saturated heterocycles. The smallest absolute Gasteiger partial charge is 0.328 e. The van der Waals surface area contributed by atoms with Crippen molar-refractivity contribution in [3.8, 4) is 0 Å². The number of hydrogen-bond donors (Lipinski definition) is 2. The topological polar surface area (TPSA) is 34.2 Å². The van der Waals surface area contributed by atoms with Crippen LogP contribution in [0, 0.1) is 0 Å². The second-order valence-corrected chi connectivity index (χ2v) is 1.12. The summed E-state index contributed by atoms with van der Waals surface area (Å²) in [5, 5.41) is 8.36. The molecular weight excluding hydrogens is 78.0 g/mol. The molecule has 2 heteroatoms. The van der Waals surface area contributed by atoms with Gasteiger partial charge in [0.05, 0.1) is 6.92 Å². The van der Waals surface area contributed by atoms with E-state index in [4.69, 9.17) is 5.11 Å². The van der Waals surface area contributed by atoms with Crippen molar-refractivity contribution in [1.29, 1.82) is 0 Å². The third kappa shape index (κ3) is 3.47. The molecule has 6 heavy (non-hydrogen) atoms. The monoisotopic (exact) mass is 88.1 g/mol. The third-order valence-corrected chi connectivity index (χ3v) is 0.433. The second-order valence-electron chi connectivity index (χ2n) is 1.12. The first-order valence-corrected chi connectivity index (χ1v) is 2.03. The lowest BCUT2D eigenvalue weighted by Gasteiger charge is -1.72. The molecule has 0 rings (SSSR count). The molecule has 0 spiro atoms. The standard InChI is InChI=1S/C4H9NO/c1-3-5-4(2)6/h3H2,1-2H3,(H,5,6)/p+1. The van der Waals surface area contributed by atoms with Crippen LogP contribution in [-0.2, 0) is 0 Å². The Balaban J connectivity index is 3.14. The normalized spacial score (nSPS) is 12.0. The number of hydrogen-bond acceptors (Lipinski definition) is 0. The zero-order valence-corrected chi connectivity index (χ0v) is 4.15. The average molecular weight is 88.1 g/mol. The average Bonchev–Trinajstić information content (AvgIpc) is 1.35. The van der Waals surface area contributed by atoms with Gasteiger partial charge >= 0.3 is 5.90 Å². The molecule has 0 radical (unpaired) electrons. The predicted molar refractivity (Wildman–Crippen MR) is 24.8 cm³/mol. The zero-order valence-electron chi connectivity index (χ0n) is 4.15. The van der Waals surface area contributed by atoms with E-state index >= 15 is 0 Å². The molecule has 0 aliphatic rings. The molecule has 0 amide bonds. The van der Waals surface area contributed by atoms with Gasteiger partial charge in [-0.2, -0.15) is 0 Å². The fraction of sp³-hybridized carbons (Fsp3) is 0.750. The van der Waals surface area contributed by atoms with Crippen molar-refractivity contribution < 1.29 is 10.1 Å². The highest BCUT2D eigenvalue weighted by Gasteiger charge is 1.80. The van der Waals surface area contributed by atoms with Crippen LogP contribution < -0.4 is 4.99 Å². The maximum absolute atomic E-state index is 8.36. The number of rotatable bonds is 1. The van der Waals surface area contributed by atoms with Crippen LogP contribution in [0.5, 0.6) is 0 Å². The molecule has 0 bridgehead atoms. The Labute approximate surface area is 37.5 Å². The molecule has 0 heterocycles. The van der Waals surface area contributed by atoms with E-state index in [9.17, 15) is 0 Å². The van der Waals surface area contributed by atoms with Crippen molar-refractivity contribution >= 4 is 5.90 Å². The summed E-state index contributed by atoms with van der Waals surface area (Å²) in [6.07, 6.45) is 0. The van der Waals surface area contributed by atoms with Crippen LogP contribution in [-0.4, -0.2) is 17.5 Å². The quantitative estimate of drug-likeness (QED) is 0.315. The molecule has 0 unspecified atom stereocenters. The summed E-state index contributed by atoms with van der Waals surface area (Å²) in [5.41, 5.74) is 0. The summed E-state index contributed by atoms with van der Waals surface area (Å²) >= 11 is 0. The largest absolute Gasteiger partial charge is 0.464 e. The van der Waals surface area contributed by atoms with Gasteiger partial charge in [-0.3, -0.25) is 0 Å². The molecule has 0 saturated carbocycles. The Morgan fingerprint density at radius 2 is 2.33 bits per heavy atom. The highest BCUT2D eigenvalue weighted by molar-refractivity contribution is 5.63. The van der Waals surface area contributed by atoms with Gasteiger partial charge in [0.25, 0.3) is 0 Å². The lowest BCUT2D eigenvalue weighted by Crippen LogP contribution is -2.71. The Kier molecular flexibility index (Phi) is 2.46. The molecule has 0 aliphatic heterocycles. The molecule has 0 aliphatic carbocycles. The minimum atomic E-state index is 0.289. The maximum atomic E-state index is 8.36. The first-order valence-electron chi connectivity index (χ1n) is 2.03. The summed E-state index contributed by atoms with van der Waals surface area (Å²) in [7, 11) is 0. The van der Waals surface area contributed by atoms with Crippen LogP contribution >= 0.6 is 0 Å². The van der Waals surface area contributed by atoms with Crippen molar-refractivity contribution in [2.24, 2.45) is 0 Å². The van der Waals surface area contributed by atoms with Crippen LogP contribution in [0.1, 0.15) is 13.8 Å². The van der Waals surface area contributed by atoms with E-state index in [2.05, 4.69) is 4.99 Å². The van der Waals surface area contributed by atoms with Crippen molar-refractivity contribution in [2.45, 2.75) is 13.8 Å². The van der Waals surface area contributed by atoms with E-state index in [1.165, 1.54) is 0 Å². The van der Waals surface area contributed by atoms with E-state index in [1.54, 1.807) is 6.92 Å². The van der Waals surface area contributed by atoms with Crippen LogP contribution in [0.2, 0.25) is 0 Å². The van der Waals surface area contributed by atoms with Gasteiger partial charge in [-0.05, 0) is 6.92 Å². The second kappa shape index (κ2) is 2.69. The Hall–Kier alpha value is -0.530. The molecule has 0 aromatic rings. The summed E-state index contributed by atoms with van der Waals surface area (Å²) in [6, 6.07) is 0. The van der Waals surface area contributed by atoms with Gasteiger partial charge in [0.15, 0.2) is 0 Å².